The molecule has 0 saturated heterocycles. The first kappa shape index (κ1) is 20.4. The van der Waals surface area contributed by atoms with Crippen LogP contribution >= 0.6 is 11.6 Å². The first-order valence-electron chi connectivity index (χ1n) is 7.89. The van der Waals surface area contributed by atoms with Crippen molar-refractivity contribution in [2.45, 2.75) is 19.5 Å². The number of hydrogen-bond donors (Lipinski definition) is 1. The summed E-state index contributed by atoms with van der Waals surface area (Å²) in [6.45, 7) is 1.46. The number of benzene rings is 2. The van der Waals surface area contributed by atoms with E-state index in [4.69, 9.17) is 11.6 Å². The molecule has 2 aromatic carbocycles. The molecule has 0 radical (unpaired) electrons. The molecule has 0 fully saturated rings. The molecule has 0 aliphatic heterocycles. The number of nitrogens with one attached hydrogen (secondary N) is 1. The molecule has 2 rings (SSSR count). The molecule has 8 heteroatoms. The van der Waals surface area contributed by atoms with E-state index < -0.39 is 21.7 Å². The van der Waals surface area contributed by atoms with Crippen molar-refractivity contribution < 1.29 is 17.6 Å². The van der Waals surface area contributed by atoms with Crippen LogP contribution in [0.4, 0.5) is 4.39 Å². The quantitative estimate of drug-likeness (QED) is 0.779. The lowest BCUT2D eigenvalue weighted by atomic mass is 10.1. The van der Waals surface area contributed by atoms with Gasteiger partial charge in [-0.2, -0.15) is 4.31 Å². The van der Waals surface area contributed by atoms with Crippen LogP contribution < -0.4 is 5.32 Å². The maximum absolute atomic E-state index is 13.0. The summed E-state index contributed by atoms with van der Waals surface area (Å²) in [5, 5.41) is 3.36. The Bertz CT molecular complexity index is 855. The Morgan fingerprint density at radius 3 is 2.27 bits per heavy atom. The van der Waals surface area contributed by atoms with Gasteiger partial charge in [0, 0.05) is 11.6 Å². The Labute approximate surface area is 157 Å². The van der Waals surface area contributed by atoms with E-state index in [-0.39, 0.29) is 19.1 Å². The van der Waals surface area contributed by atoms with E-state index in [2.05, 4.69) is 5.32 Å². The molecule has 0 heterocycles. The molecule has 0 spiro atoms. The predicted molar refractivity (Wildman–Crippen MR) is 99.7 cm³/mol. The standard InChI is InChI=1S/C18H20ClFN2O3S/c1-13(15-5-7-16(19)8-6-15)21-18(23)12-22(26(2,24)25)11-14-3-9-17(20)10-4-14/h3-10,13H,11-12H2,1-2H3,(H,21,23)/t13-/m1/s1. The van der Waals surface area contributed by atoms with Gasteiger partial charge in [-0.05, 0) is 42.3 Å². The van der Waals surface area contributed by atoms with Crippen molar-refractivity contribution in [1.29, 1.82) is 0 Å². The zero-order valence-electron chi connectivity index (χ0n) is 14.4. The first-order chi connectivity index (χ1) is 12.1. The highest BCUT2D eigenvalue weighted by Gasteiger charge is 2.21. The maximum atomic E-state index is 13.0. The highest BCUT2D eigenvalue weighted by Crippen LogP contribution is 2.16. The van der Waals surface area contributed by atoms with Gasteiger partial charge in [0.15, 0.2) is 0 Å². The molecule has 5 nitrogen and oxygen atoms in total. The Balaban J connectivity index is 2.04. The summed E-state index contributed by atoms with van der Waals surface area (Å²) in [5.74, 6) is -0.839. The van der Waals surface area contributed by atoms with Gasteiger partial charge in [-0.1, -0.05) is 35.9 Å². The largest absolute Gasteiger partial charge is 0.348 e. The van der Waals surface area contributed by atoms with Crippen molar-refractivity contribution in [3.8, 4) is 0 Å². The highest BCUT2D eigenvalue weighted by molar-refractivity contribution is 7.88. The van der Waals surface area contributed by atoms with Gasteiger partial charge in [0.05, 0.1) is 18.8 Å². The molecule has 0 aromatic heterocycles. The summed E-state index contributed by atoms with van der Waals surface area (Å²) in [6.07, 6.45) is 1.03. The third kappa shape index (κ3) is 6.09. The summed E-state index contributed by atoms with van der Waals surface area (Å²) >= 11 is 5.84. The second-order valence-electron chi connectivity index (χ2n) is 6.00. The van der Waals surface area contributed by atoms with E-state index in [0.29, 0.717) is 10.6 Å². The number of hydrogen-bond acceptors (Lipinski definition) is 3. The fourth-order valence-electron chi connectivity index (χ4n) is 2.37. The van der Waals surface area contributed by atoms with Crippen LogP contribution in [-0.2, 0) is 21.4 Å². The van der Waals surface area contributed by atoms with Crippen LogP contribution in [0, 0.1) is 5.82 Å². The minimum absolute atomic E-state index is 0.0120. The predicted octanol–water partition coefficient (Wildman–Crippen LogP) is 3.12. The fourth-order valence-corrected chi connectivity index (χ4v) is 3.23. The molecule has 26 heavy (non-hydrogen) atoms. The Morgan fingerprint density at radius 2 is 1.73 bits per heavy atom. The molecule has 0 saturated carbocycles. The second kappa shape index (κ2) is 8.62. The lowest BCUT2D eigenvalue weighted by molar-refractivity contribution is -0.122. The topological polar surface area (TPSA) is 66.5 Å². The number of carbonyl (C=O) groups excluding carboxylic acids is 1. The summed E-state index contributed by atoms with van der Waals surface area (Å²) in [7, 11) is -3.61. The van der Waals surface area contributed by atoms with E-state index in [9.17, 15) is 17.6 Å². The second-order valence-corrected chi connectivity index (χ2v) is 8.42. The molecule has 0 aliphatic carbocycles. The van der Waals surface area contributed by atoms with Crippen molar-refractivity contribution in [3.63, 3.8) is 0 Å². The molecular weight excluding hydrogens is 379 g/mol. The molecular formula is C18H20ClFN2O3S. The molecule has 0 unspecified atom stereocenters. The van der Waals surface area contributed by atoms with Crippen LogP contribution in [0.1, 0.15) is 24.1 Å². The van der Waals surface area contributed by atoms with Gasteiger partial charge < -0.3 is 5.32 Å². The smallest absolute Gasteiger partial charge is 0.235 e. The fraction of sp³-hybridized carbons (Fsp3) is 0.278. The molecule has 1 atom stereocenters. The Hall–Kier alpha value is -1.96. The van der Waals surface area contributed by atoms with Gasteiger partial charge in [0.1, 0.15) is 5.82 Å². The van der Waals surface area contributed by atoms with Gasteiger partial charge in [0.2, 0.25) is 15.9 Å². The number of carbonyl (C=O) groups is 1. The van der Waals surface area contributed by atoms with Crippen molar-refractivity contribution in [2.75, 3.05) is 12.8 Å². The molecule has 140 valence electrons. The van der Waals surface area contributed by atoms with Crippen molar-refractivity contribution in [1.82, 2.24) is 9.62 Å². The van der Waals surface area contributed by atoms with Gasteiger partial charge in [-0.25, -0.2) is 12.8 Å². The van der Waals surface area contributed by atoms with E-state index >= 15 is 0 Å². The highest BCUT2D eigenvalue weighted by atomic mass is 35.5. The van der Waals surface area contributed by atoms with Gasteiger partial charge in [-0.15, -0.1) is 0 Å². The normalized spacial score (nSPS) is 12.8. The van der Waals surface area contributed by atoms with Crippen LogP contribution in [0.5, 0.6) is 0 Å². The van der Waals surface area contributed by atoms with Gasteiger partial charge in [-0.3, -0.25) is 4.79 Å². The third-order valence-electron chi connectivity index (χ3n) is 3.81. The minimum atomic E-state index is -3.61. The number of amides is 1. The van der Waals surface area contributed by atoms with Gasteiger partial charge in [0.25, 0.3) is 0 Å². The summed E-state index contributed by atoms with van der Waals surface area (Å²) in [5.41, 5.74) is 1.45. The number of rotatable bonds is 7. The third-order valence-corrected chi connectivity index (χ3v) is 5.26. The summed E-state index contributed by atoms with van der Waals surface area (Å²) in [4.78, 5) is 12.3. The lowest BCUT2D eigenvalue weighted by Gasteiger charge is -2.21. The van der Waals surface area contributed by atoms with E-state index in [1.807, 2.05) is 0 Å². The van der Waals surface area contributed by atoms with Crippen molar-refractivity contribution >= 4 is 27.5 Å². The maximum Gasteiger partial charge on any atom is 0.235 e. The van der Waals surface area contributed by atoms with Crippen LogP contribution in [0.3, 0.4) is 0 Å². The molecule has 0 aliphatic rings. The first-order valence-corrected chi connectivity index (χ1v) is 10.1. The van der Waals surface area contributed by atoms with Crippen LogP contribution in [0.15, 0.2) is 48.5 Å². The van der Waals surface area contributed by atoms with E-state index in [0.717, 1.165) is 16.1 Å². The molecule has 1 amide bonds. The van der Waals surface area contributed by atoms with Crippen LogP contribution in [0.25, 0.3) is 0 Å². The number of halogens is 2. The van der Waals surface area contributed by atoms with Crippen molar-refractivity contribution in [3.05, 3.63) is 70.5 Å². The summed E-state index contributed by atoms with van der Waals surface area (Å²) in [6, 6.07) is 12.2. The molecule has 0 bridgehead atoms. The van der Waals surface area contributed by atoms with E-state index in [1.54, 1.807) is 31.2 Å². The number of sulfonamides is 1. The average Bonchev–Trinajstić information content (AvgIpc) is 2.56. The monoisotopic (exact) mass is 398 g/mol. The van der Waals surface area contributed by atoms with Gasteiger partial charge >= 0.3 is 0 Å². The van der Waals surface area contributed by atoms with Crippen LogP contribution in [0.2, 0.25) is 5.02 Å². The van der Waals surface area contributed by atoms with Crippen LogP contribution in [-0.4, -0.2) is 31.4 Å². The minimum Gasteiger partial charge on any atom is -0.348 e. The SMILES string of the molecule is C[C@@H](NC(=O)CN(Cc1ccc(F)cc1)S(C)(=O)=O)c1ccc(Cl)cc1. The molecule has 2 aromatic rings. The Morgan fingerprint density at radius 1 is 1.15 bits per heavy atom. The van der Waals surface area contributed by atoms with Crippen molar-refractivity contribution in [2.24, 2.45) is 0 Å². The average molecular weight is 399 g/mol. The summed E-state index contributed by atoms with van der Waals surface area (Å²) < 4.78 is 38.0. The van der Waals surface area contributed by atoms with E-state index in [1.165, 1.54) is 24.3 Å². The lowest BCUT2D eigenvalue weighted by Crippen LogP contribution is -2.40. The Kier molecular flexibility index (Phi) is 6.75. The number of nitrogens with zero attached hydrogens (tertiary/aromatic N) is 1. The molecule has 1 N–H and O–H groups in total. The zero-order chi connectivity index (χ0) is 19.3. The zero-order valence-corrected chi connectivity index (χ0v) is 16.0.